The Kier molecular flexibility index (Phi) is 1870. The summed E-state index contributed by atoms with van der Waals surface area (Å²) in [5.41, 5.74) is 0. The minimum atomic E-state index is 0. The third-order valence-electron chi connectivity index (χ3n) is 0. The van der Waals surface area contributed by atoms with Crippen LogP contribution in [0.5, 0.6) is 0 Å². The first kappa shape index (κ1) is 139. The van der Waals surface area contributed by atoms with E-state index in [9.17, 15) is 0 Å². The van der Waals surface area contributed by atoms with Gasteiger partial charge in [0.1, 0.15) is 0 Å². The van der Waals surface area contributed by atoms with Crippen LogP contribution in [0.4, 0.5) is 0 Å². The van der Waals surface area contributed by atoms with Gasteiger partial charge < -0.3 is 21.9 Å². The molecular formula is H4O4TiZnZr. The predicted octanol–water partition coefficient (Wildman–Crippen LogP) is -0.715. The van der Waals surface area contributed by atoms with Crippen LogP contribution in [0.15, 0.2) is 0 Å². The molecule has 4 nitrogen and oxygen atoms in total. The molecule has 0 aliphatic heterocycles. The van der Waals surface area contributed by atoms with Crippen LogP contribution >= 0.6 is 0 Å². The molecule has 0 aromatic heterocycles. The van der Waals surface area contributed by atoms with Crippen LogP contribution in [0.1, 0.15) is 0 Å². The average Bonchev–Trinajstić information content (AvgIpc) is 0. The van der Waals surface area contributed by atoms with Gasteiger partial charge in [-0.15, -0.1) is 0 Å². The second-order valence-corrected chi connectivity index (χ2v) is 0. The summed E-state index contributed by atoms with van der Waals surface area (Å²) in [5, 5.41) is 0. The minimum Gasteiger partial charge on any atom is -0.870 e. The summed E-state index contributed by atoms with van der Waals surface area (Å²) in [6.45, 7) is 0. The molecule has 0 spiro atoms. The fourth-order valence-electron chi connectivity index (χ4n) is 0. The Labute approximate surface area is 88.4 Å². The van der Waals surface area contributed by atoms with Gasteiger partial charge in [-0.05, 0) is 0 Å². The fraction of sp³-hybridized carbons (Fsp3) is 0. The molecule has 0 bridgehead atoms. The largest absolute Gasteiger partial charge is 2.00 e. The van der Waals surface area contributed by atoms with Crippen LogP contribution in [-0.4, -0.2) is 21.9 Å². The molecule has 0 aliphatic carbocycles. The average molecular weight is 273 g/mol. The molecule has 0 radical (unpaired) electrons. The molecule has 7 heavy (non-hydrogen) atoms. The predicted molar refractivity (Wildman–Crippen MR) is 7.74 cm³/mol. The van der Waals surface area contributed by atoms with Crippen LogP contribution in [0.2, 0.25) is 0 Å². The van der Waals surface area contributed by atoms with E-state index in [1.165, 1.54) is 0 Å². The van der Waals surface area contributed by atoms with Gasteiger partial charge in [-0.25, -0.2) is 0 Å². The topological polar surface area (TPSA) is 120 Å². The van der Waals surface area contributed by atoms with E-state index in [0.717, 1.165) is 0 Å². The molecule has 0 aromatic rings. The quantitative estimate of drug-likeness (QED) is 0.540. The van der Waals surface area contributed by atoms with Crippen LogP contribution in [0.3, 0.4) is 0 Å². The van der Waals surface area contributed by atoms with E-state index >= 15 is 0 Å². The molecule has 38 valence electrons. The van der Waals surface area contributed by atoms with Gasteiger partial charge in [0.15, 0.2) is 0 Å². The van der Waals surface area contributed by atoms with E-state index in [0.29, 0.717) is 0 Å². The van der Waals surface area contributed by atoms with Crippen molar-refractivity contribution >= 4 is 0 Å². The van der Waals surface area contributed by atoms with Gasteiger partial charge in [0, 0.05) is 21.7 Å². The normalized spacial score (nSPS) is 0. The zero-order valence-corrected chi connectivity index (χ0v) is 10.5. The second kappa shape index (κ2) is 94.6. The van der Waals surface area contributed by atoms with E-state index < -0.39 is 0 Å². The van der Waals surface area contributed by atoms with E-state index in [2.05, 4.69) is 0 Å². The summed E-state index contributed by atoms with van der Waals surface area (Å²) in [7, 11) is 0. The molecule has 7 heteroatoms. The molecule has 0 aromatic carbocycles. The summed E-state index contributed by atoms with van der Waals surface area (Å²) < 4.78 is 0. The van der Waals surface area contributed by atoms with Gasteiger partial charge in [-0.3, -0.25) is 0 Å². The standard InChI is InChI=1S/4H2O.Ti.Zn.Zr/h4*1H2;;;/q;;;;;2*+2/p-4. The van der Waals surface area contributed by atoms with Crippen molar-refractivity contribution in [3.05, 3.63) is 0 Å². The summed E-state index contributed by atoms with van der Waals surface area (Å²) >= 11 is 0. The van der Waals surface area contributed by atoms with Gasteiger partial charge in [-0.2, -0.15) is 0 Å². The van der Waals surface area contributed by atoms with Crippen LogP contribution in [0, 0.1) is 0 Å². The second-order valence-electron chi connectivity index (χ2n) is 0. The molecule has 0 saturated carbocycles. The molecule has 4 N–H and O–H groups in total. The van der Waals surface area contributed by atoms with Crippen molar-refractivity contribution in [2.75, 3.05) is 0 Å². The van der Waals surface area contributed by atoms with Crippen molar-refractivity contribution in [2.24, 2.45) is 0 Å². The van der Waals surface area contributed by atoms with Crippen molar-refractivity contribution in [1.82, 2.24) is 0 Å². The molecule has 0 atom stereocenters. The third-order valence-corrected chi connectivity index (χ3v) is 0. The summed E-state index contributed by atoms with van der Waals surface area (Å²) in [6.07, 6.45) is 0. The molecule has 0 saturated heterocycles. The summed E-state index contributed by atoms with van der Waals surface area (Å²) in [4.78, 5) is 0. The Morgan fingerprint density at radius 3 is 0.571 bits per heavy atom. The van der Waals surface area contributed by atoms with Gasteiger partial charge >= 0.3 is 45.7 Å². The van der Waals surface area contributed by atoms with Crippen molar-refractivity contribution in [2.45, 2.75) is 0 Å². The summed E-state index contributed by atoms with van der Waals surface area (Å²) in [5.74, 6) is 0. The number of rotatable bonds is 0. The van der Waals surface area contributed by atoms with Crippen molar-refractivity contribution in [3.63, 3.8) is 0 Å². The number of hydrogen-bond donors (Lipinski definition) is 0. The zero-order valence-electron chi connectivity index (χ0n) is 3.50. The first-order chi connectivity index (χ1) is 0. The Morgan fingerprint density at radius 1 is 0.571 bits per heavy atom. The first-order valence-electron chi connectivity index (χ1n) is 0. The summed E-state index contributed by atoms with van der Waals surface area (Å²) in [6, 6.07) is 0. The van der Waals surface area contributed by atoms with Crippen molar-refractivity contribution in [1.29, 1.82) is 0 Å². The van der Waals surface area contributed by atoms with Crippen molar-refractivity contribution < 1.29 is 89.3 Å². The van der Waals surface area contributed by atoms with E-state index in [1.54, 1.807) is 0 Å². The molecule has 0 aliphatic rings. The van der Waals surface area contributed by atoms with Gasteiger partial charge in [0.2, 0.25) is 0 Å². The molecular weight excluding hydrogens is 268 g/mol. The number of hydrogen-bond acceptors (Lipinski definition) is 4. The first-order valence-corrected chi connectivity index (χ1v) is 0. The Balaban J connectivity index is 0. The maximum atomic E-state index is 0. The van der Waals surface area contributed by atoms with E-state index in [-0.39, 0.29) is 89.3 Å². The minimum absolute atomic E-state index is 0. The third kappa shape index (κ3) is 69.7. The molecule has 0 amide bonds. The van der Waals surface area contributed by atoms with Gasteiger partial charge in [-0.1, -0.05) is 0 Å². The zero-order chi connectivity index (χ0) is 0. The molecule has 0 heterocycles. The SMILES string of the molecule is [OH-].[OH-].[OH-].[OH-].[Ti].[Zn+2].[Zr+2]. The molecule has 0 unspecified atom stereocenters. The smallest absolute Gasteiger partial charge is 0.870 e. The fourth-order valence-corrected chi connectivity index (χ4v) is 0. The molecule has 0 rings (SSSR count). The van der Waals surface area contributed by atoms with Gasteiger partial charge in [0.05, 0.1) is 0 Å². The van der Waals surface area contributed by atoms with E-state index in [4.69, 9.17) is 0 Å². The Morgan fingerprint density at radius 2 is 0.571 bits per heavy atom. The van der Waals surface area contributed by atoms with Crippen LogP contribution in [-0.2, 0) is 67.4 Å². The van der Waals surface area contributed by atoms with Crippen LogP contribution in [0.25, 0.3) is 0 Å². The van der Waals surface area contributed by atoms with Gasteiger partial charge in [0.25, 0.3) is 0 Å². The van der Waals surface area contributed by atoms with Crippen molar-refractivity contribution in [3.8, 4) is 0 Å². The molecule has 0 fully saturated rings. The Bertz CT molecular complexity index is 11.7. The van der Waals surface area contributed by atoms with Crippen LogP contribution < -0.4 is 0 Å². The Hall–Kier alpha value is 2.06. The monoisotopic (exact) mass is 270 g/mol. The maximum Gasteiger partial charge on any atom is 2.00 e. The van der Waals surface area contributed by atoms with E-state index in [1.807, 2.05) is 0 Å². The maximum absolute atomic E-state index is 0.